The molecule has 0 bridgehead atoms. The fourth-order valence-corrected chi connectivity index (χ4v) is 3.98. The quantitative estimate of drug-likeness (QED) is 0.853. The van der Waals surface area contributed by atoms with Crippen LogP contribution in [0.2, 0.25) is 0 Å². The van der Waals surface area contributed by atoms with Gasteiger partial charge in [0.1, 0.15) is 4.21 Å². The van der Waals surface area contributed by atoms with Crippen molar-refractivity contribution in [2.45, 2.75) is 29.5 Å². The van der Waals surface area contributed by atoms with E-state index < -0.39 is 9.05 Å². The van der Waals surface area contributed by atoms with Gasteiger partial charge < -0.3 is 10.1 Å². The summed E-state index contributed by atoms with van der Waals surface area (Å²) in [5.41, 5.74) is 0. The highest BCUT2D eigenvalue weighted by Crippen LogP contribution is 2.25. The summed E-state index contributed by atoms with van der Waals surface area (Å²) in [6, 6.07) is 3.19. The van der Waals surface area contributed by atoms with Gasteiger partial charge in [-0.25, -0.2) is 8.42 Å². The molecule has 0 aromatic carbocycles. The molecule has 0 aliphatic carbocycles. The molecule has 2 rings (SSSR count). The van der Waals surface area contributed by atoms with Crippen LogP contribution in [-0.2, 0) is 25.0 Å². The molecule has 0 radical (unpaired) electrons. The molecule has 5 nitrogen and oxygen atoms in total. The first kappa shape index (κ1) is 14.8. The van der Waals surface area contributed by atoms with Gasteiger partial charge in [0.15, 0.2) is 0 Å². The monoisotopic (exact) mass is 323 g/mol. The number of hydrogen-bond acceptors (Lipinski definition) is 5. The van der Waals surface area contributed by atoms with Gasteiger partial charge in [-0.3, -0.25) is 4.79 Å². The minimum Gasteiger partial charge on any atom is -0.381 e. The third-order valence-electron chi connectivity index (χ3n) is 2.80. The smallest absolute Gasteiger partial charge is 0.270 e. The van der Waals surface area contributed by atoms with E-state index in [-0.39, 0.29) is 22.6 Å². The molecular weight excluding hydrogens is 310 g/mol. The van der Waals surface area contributed by atoms with Gasteiger partial charge in [0.2, 0.25) is 5.91 Å². The van der Waals surface area contributed by atoms with Crippen molar-refractivity contribution in [2.24, 2.45) is 0 Å². The van der Waals surface area contributed by atoms with Gasteiger partial charge in [-0.1, -0.05) is 0 Å². The van der Waals surface area contributed by atoms with Crippen LogP contribution >= 0.6 is 22.0 Å². The predicted octanol–water partition coefficient (Wildman–Crippen LogP) is 1.51. The van der Waals surface area contributed by atoms with E-state index in [9.17, 15) is 13.2 Å². The lowest BCUT2D eigenvalue weighted by atomic mass is 10.1. The molecule has 1 aromatic rings. The maximum atomic E-state index is 11.8. The highest BCUT2D eigenvalue weighted by atomic mass is 35.7. The van der Waals surface area contributed by atoms with Crippen LogP contribution in [0.5, 0.6) is 0 Å². The second kappa shape index (κ2) is 6.21. The van der Waals surface area contributed by atoms with E-state index in [4.69, 9.17) is 15.4 Å². The van der Waals surface area contributed by atoms with Crippen molar-refractivity contribution in [1.82, 2.24) is 5.32 Å². The summed E-state index contributed by atoms with van der Waals surface area (Å²) < 4.78 is 27.5. The fraction of sp³-hybridized carbons (Fsp3) is 0.545. The molecule has 1 amide bonds. The first-order chi connectivity index (χ1) is 8.95. The van der Waals surface area contributed by atoms with Gasteiger partial charge in [-0.15, -0.1) is 11.3 Å². The van der Waals surface area contributed by atoms with E-state index in [1.807, 2.05) is 0 Å². The molecule has 8 heteroatoms. The number of amides is 1. The number of thiophene rings is 1. The Balaban J connectivity index is 1.90. The van der Waals surface area contributed by atoms with E-state index in [0.29, 0.717) is 18.1 Å². The number of ether oxygens (including phenoxy) is 1. The van der Waals surface area contributed by atoms with Gasteiger partial charge >= 0.3 is 0 Å². The molecule has 0 spiro atoms. The number of hydrogen-bond donors (Lipinski definition) is 1. The Morgan fingerprint density at radius 1 is 1.42 bits per heavy atom. The normalized spacial score (nSPS) is 17.3. The summed E-state index contributed by atoms with van der Waals surface area (Å²) in [7, 11) is 1.53. The molecule has 1 aliphatic rings. The van der Waals surface area contributed by atoms with Crippen molar-refractivity contribution in [3.8, 4) is 0 Å². The van der Waals surface area contributed by atoms with Crippen molar-refractivity contribution < 1.29 is 17.9 Å². The first-order valence-corrected chi connectivity index (χ1v) is 8.98. The third-order valence-corrected chi connectivity index (χ3v) is 5.98. The second-order valence-corrected chi connectivity index (χ2v) is 8.25. The van der Waals surface area contributed by atoms with E-state index in [0.717, 1.165) is 24.2 Å². The molecular formula is C11H14ClNO4S2. The second-order valence-electron chi connectivity index (χ2n) is 4.29. The fourth-order valence-electron chi connectivity index (χ4n) is 1.86. The van der Waals surface area contributed by atoms with Gasteiger partial charge in [0.25, 0.3) is 9.05 Å². The lowest BCUT2D eigenvalue weighted by molar-refractivity contribution is -0.121. The average Bonchev–Trinajstić information content (AvgIpc) is 2.78. The molecule has 1 aliphatic heterocycles. The van der Waals surface area contributed by atoms with Crippen LogP contribution in [0.3, 0.4) is 0 Å². The zero-order chi connectivity index (χ0) is 13.9. The highest BCUT2D eigenvalue weighted by molar-refractivity contribution is 8.15. The largest absolute Gasteiger partial charge is 0.381 e. The molecule has 106 valence electrons. The maximum absolute atomic E-state index is 11.8. The van der Waals surface area contributed by atoms with Crippen molar-refractivity contribution in [3.05, 3.63) is 17.0 Å². The third kappa shape index (κ3) is 4.45. The van der Waals surface area contributed by atoms with Crippen LogP contribution in [-0.4, -0.2) is 33.6 Å². The zero-order valence-electron chi connectivity index (χ0n) is 10.1. The number of nitrogens with one attached hydrogen (secondary N) is 1. The van der Waals surface area contributed by atoms with Gasteiger partial charge in [0.05, 0.1) is 6.42 Å². The van der Waals surface area contributed by atoms with E-state index in [1.165, 1.54) is 6.07 Å². The average molecular weight is 324 g/mol. The van der Waals surface area contributed by atoms with Crippen molar-refractivity contribution in [3.63, 3.8) is 0 Å². The number of rotatable bonds is 4. The summed E-state index contributed by atoms with van der Waals surface area (Å²) in [6.07, 6.45) is 1.81. The minimum absolute atomic E-state index is 0.0723. The number of halogens is 1. The van der Waals surface area contributed by atoms with Crippen LogP contribution in [0.25, 0.3) is 0 Å². The molecule has 0 saturated carbocycles. The topological polar surface area (TPSA) is 72.5 Å². The Labute approximate surface area is 120 Å². The van der Waals surface area contributed by atoms with Crippen LogP contribution in [0.15, 0.2) is 16.3 Å². The van der Waals surface area contributed by atoms with Gasteiger partial charge in [-0.2, -0.15) is 0 Å². The lowest BCUT2D eigenvalue weighted by Crippen LogP contribution is -2.39. The molecule has 1 N–H and O–H groups in total. The minimum atomic E-state index is -3.70. The molecule has 19 heavy (non-hydrogen) atoms. The zero-order valence-corrected chi connectivity index (χ0v) is 12.5. The Morgan fingerprint density at radius 3 is 2.68 bits per heavy atom. The lowest BCUT2D eigenvalue weighted by Gasteiger charge is -2.22. The summed E-state index contributed by atoms with van der Waals surface area (Å²) in [5.74, 6) is -0.104. The summed E-state index contributed by atoms with van der Waals surface area (Å²) in [6.45, 7) is 1.33. The highest BCUT2D eigenvalue weighted by Gasteiger charge is 2.18. The number of carbonyl (C=O) groups is 1. The molecule has 1 saturated heterocycles. The van der Waals surface area contributed by atoms with Crippen molar-refractivity contribution in [1.29, 1.82) is 0 Å². The molecule has 1 aromatic heterocycles. The summed E-state index contributed by atoms with van der Waals surface area (Å²) in [4.78, 5) is 12.5. The molecule has 0 unspecified atom stereocenters. The van der Waals surface area contributed by atoms with Gasteiger partial charge in [-0.05, 0) is 25.0 Å². The Kier molecular flexibility index (Phi) is 4.83. The maximum Gasteiger partial charge on any atom is 0.270 e. The standard InChI is InChI=1S/C11H14ClNO4S2/c12-19(15,16)11-2-1-9(18-11)7-10(14)13-8-3-5-17-6-4-8/h1-2,8H,3-7H2,(H,13,14). The SMILES string of the molecule is O=C(Cc1ccc(S(=O)(=O)Cl)s1)NC1CCOCC1. The number of carbonyl (C=O) groups excluding carboxylic acids is 1. The van der Waals surface area contributed by atoms with Crippen LogP contribution in [0, 0.1) is 0 Å². The molecule has 2 heterocycles. The van der Waals surface area contributed by atoms with Crippen molar-refractivity contribution >= 4 is 37.0 Å². The van der Waals surface area contributed by atoms with E-state index >= 15 is 0 Å². The van der Waals surface area contributed by atoms with E-state index in [1.54, 1.807) is 6.07 Å². The van der Waals surface area contributed by atoms with E-state index in [2.05, 4.69) is 5.32 Å². The molecule has 1 fully saturated rings. The Bertz CT molecular complexity index is 549. The Morgan fingerprint density at radius 2 is 2.11 bits per heavy atom. The summed E-state index contributed by atoms with van der Waals surface area (Å²) in [5, 5.41) is 2.92. The predicted molar refractivity (Wildman–Crippen MR) is 73.0 cm³/mol. The summed E-state index contributed by atoms with van der Waals surface area (Å²) >= 11 is 1.02. The Hall–Kier alpha value is -0.630. The van der Waals surface area contributed by atoms with Crippen LogP contribution in [0.1, 0.15) is 17.7 Å². The van der Waals surface area contributed by atoms with Crippen LogP contribution in [0.4, 0.5) is 0 Å². The van der Waals surface area contributed by atoms with Crippen molar-refractivity contribution in [2.75, 3.05) is 13.2 Å². The first-order valence-electron chi connectivity index (χ1n) is 5.85. The van der Waals surface area contributed by atoms with Crippen LogP contribution < -0.4 is 5.32 Å². The van der Waals surface area contributed by atoms with Gasteiger partial charge in [0, 0.05) is 34.8 Å². The molecule has 0 atom stereocenters.